The van der Waals surface area contributed by atoms with E-state index in [1.165, 1.54) is 12.8 Å². The largest absolute Gasteiger partial charge is 0.342 e. The molecule has 2 aliphatic heterocycles. The first-order valence-electron chi connectivity index (χ1n) is 7.18. The molecule has 2 heterocycles. The number of thioether (sulfide) groups is 1. The molecule has 106 valence electrons. The molecule has 5 heteroatoms. The molecule has 1 saturated heterocycles. The first-order valence-corrected chi connectivity index (χ1v) is 8.34. The van der Waals surface area contributed by atoms with Crippen LogP contribution in [0.4, 0.5) is 5.69 Å². The molecule has 20 heavy (non-hydrogen) atoms. The highest BCUT2D eigenvalue weighted by Crippen LogP contribution is 2.14. The van der Waals surface area contributed by atoms with Crippen molar-refractivity contribution in [3.8, 4) is 0 Å². The van der Waals surface area contributed by atoms with Crippen molar-refractivity contribution in [2.75, 3.05) is 36.5 Å². The van der Waals surface area contributed by atoms with E-state index in [1.54, 1.807) is 0 Å². The summed E-state index contributed by atoms with van der Waals surface area (Å²) in [6, 6.07) is 10.3. The van der Waals surface area contributed by atoms with Crippen molar-refractivity contribution in [1.82, 2.24) is 4.90 Å². The van der Waals surface area contributed by atoms with Gasteiger partial charge in [-0.25, -0.2) is 0 Å². The Hall–Kier alpha value is -1.49. The Bertz CT molecular complexity index is 492. The first kappa shape index (κ1) is 13.5. The predicted octanol–water partition coefficient (Wildman–Crippen LogP) is 2.70. The highest BCUT2D eigenvalue weighted by molar-refractivity contribution is 8.00. The second kappa shape index (κ2) is 6.79. The van der Waals surface area contributed by atoms with E-state index in [0.717, 1.165) is 48.6 Å². The lowest BCUT2D eigenvalue weighted by Gasteiger charge is -2.22. The predicted molar refractivity (Wildman–Crippen MR) is 87.9 cm³/mol. The van der Waals surface area contributed by atoms with E-state index in [2.05, 4.69) is 27.3 Å². The van der Waals surface area contributed by atoms with Crippen molar-refractivity contribution < 1.29 is 0 Å². The average Bonchev–Trinajstić information content (AvgIpc) is 3.03. The molecule has 0 radical (unpaired) electrons. The van der Waals surface area contributed by atoms with Crippen LogP contribution in [-0.2, 0) is 0 Å². The van der Waals surface area contributed by atoms with Crippen LogP contribution < -0.4 is 5.32 Å². The van der Waals surface area contributed by atoms with E-state index in [9.17, 15) is 0 Å². The molecule has 3 rings (SSSR count). The van der Waals surface area contributed by atoms with Crippen molar-refractivity contribution in [2.45, 2.75) is 12.8 Å². The molecule has 2 aliphatic rings. The third kappa shape index (κ3) is 3.54. The van der Waals surface area contributed by atoms with Crippen molar-refractivity contribution in [1.29, 1.82) is 0 Å². The fourth-order valence-corrected chi connectivity index (χ4v) is 3.10. The molecule has 1 aromatic carbocycles. The van der Waals surface area contributed by atoms with Crippen molar-refractivity contribution in [2.24, 2.45) is 9.98 Å². The van der Waals surface area contributed by atoms with Crippen LogP contribution in [0.2, 0.25) is 0 Å². The maximum atomic E-state index is 4.77. The maximum Gasteiger partial charge on any atom is 0.204 e. The number of anilines is 1. The maximum absolute atomic E-state index is 4.77. The zero-order valence-corrected chi connectivity index (χ0v) is 12.4. The van der Waals surface area contributed by atoms with Gasteiger partial charge in [-0.05, 0) is 25.0 Å². The Morgan fingerprint density at radius 2 is 2.00 bits per heavy atom. The van der Waals surface area contributed by atoms with Gasteiger partial charge in [0.15, 0.2) is 0 Å². The second-order valence-electron chi connectivity index (χ2n) is 4.97. The van der Waals surface area contributed by atoms with E-state index >= 15 is 0 Å². The molecular weight excluding hydrogens is 268 g/mol. The number of benzene rings is 1. The summed E-state index contributed by atoms with van der Waals surface area (Å²) in [5.41, 5.74) is 1.09. The summed E-state index contributed by atoms with van der Waals surface area (Å²) in [6.45, 7) is 3.06. The number of likely N-dealkylation sites (tertiary alicyclic amines) is 1. The van der Waals surface area contributed by atoms with Gasteiger partial charge in [-0.1, -0.05) is 18.2 Å². The van der Waals surface area contributed by atoms with Gasteiger partial charge in [-0.15, -0.1) is 0 Å². The quantitative estimate of drug-likeness (QED) is 0.638. The normalized spacial score (nSPS) is 19.9. The van der Waals surface area contributed by atoms with E-state index in [4.69, 9.17) is 4.99 Å². The number of nitrogens with zero attached hydrogens (tertiary/aromatic N) is 3. The number of rotatable bonds is 1. The molecule has 0 bridgehead atoms. The average molecular weight is 288 g/mol. The lowest BCUT2D eigenvalue weighted by atomic mass is 10.3. The fraction of sp³-hybridized carbons (Fsp3) is 0.467. The molecule has 0 amide bonds. The second-order valence-corrected chi connectivity index (χ2v) is 6.08. The zero-order valence-electron chi connectivity index (χ0n) is 11.6. The minimum atomic E-state index is 0.891. The van der Waals surface area contributed by atoms with Crippen LogP contribution in [0.25, 0.3) is 0 Å². The first-order chi connectivity index (χ1) is 9.92. The molecule has 1 fully saturated rings. The van der Waals surface area contributed by atoms with Crippen LogP contribution >= 0.6 is 11.8 Å². The topological polar surface area (TPSA) is 40.0 Å². The van der Waals surface area contributed by atoms with Gasteiger partial charge in [0.05, 0.1) is 12.3 Å². The van der Waals surface area contributed by atoms with Gasteiger partial charge in [0.1, 0.15) is 5.84 Å². The summed E-state index contributed by atoms with van der Waals surface area (Å²) >= 11 is 1.91. The number of hydrogen-bond donors (Lipinski definition) is 1. The van der Waals surface area contributed by atoms with E-state index in [0.29, 0.717) is 0 Å². The van der Waals surface area contributed by atoms with Crippen LogP contribution in [0.3, 0.4) is 0 Å². The number of hydrogen-bond acceptors (Lipinski definition) is 3. The summed E-state index contributed by atoms with van der Waals surface area (Å²) in [7, 11) is 0. The summed E-state index contributed by atoms with van der Waals surface area (Å²) in [4.78, 5) is 11.6. The fourth-order valence-electron chi connectivity index (χ4n) is 2.40. The number of para-hydroxylation sites is 1. The van der Waals surface area contributed by atoms with Gasteiger partial charge in [-0.3, -0.25) is 4.99 Å². The van der Waals surface area contributed by atoms with Crippen molar-refractivity contribution in [3.05, 3.63) is 30.3 Å². The van der Waals surface area contributed by atoms with Gasteiger partial charge >= 0.3 is 0 Å². The number of aliphatic imine (C=N–C) groups is 2. The molecular formula is C15H20N4S. The number of guanidine groups is 1. The van der Waals surface area contributed by atoms with Crippen molar-refractivity contribution >= 4 is 29.2 Å². The number of amidine groups is 1. The molecule has 0 spiro atoms. The van der Waals surface area contributed by atoms with Gasteiger partial charge < -0.3 is 10.2 Å². The molecule has 0 unspecified atom stereocenters. The summed E-state index contributed by atoms with van der Waals surface area (Å²) in [6.07, 6.45) is 2.49. The Morgan fingerprint density at radius 3 is 2.70 bits per heavy atom. The Kier molecular flexibility index (Phi) is 4.58. The van der Waals surface area contributed by atoms with Crippen LogP contribution in [0.5, 0.6) is 0 Å². The Morgan fingerprint density at radius 1 is 1.20 bits per heavy atom. The van der Waals surface area contributed by atoms with Crippen LogP contribution in [0.1, 0.15) is 12.8 Å². The minimum Gasteiger partial charge on any atom is -0.342 e. The van der Waals surface area contributed by atoms with Crippen LogP contribution in [-0.4, -0.2) is 47.8 Å². The van der Waals surface area contributed by atoms with Crippen LogP contribution in [0, 0.1) is 0 Å². The Labute approximate surface area is 124 Å². The number of nitrogens with one attached hydrogen (secondary N) is 1. The third-order valence-electron chi connectivity index (χ3n) is 3.43. The monoisotopic (exact) mass is 288 g/mol. The molecule has 0 saturated carbocycles. The van der Waals surface area contributed by atoms with Gasteiger partial charge in [0, 0.05) is 24.5 Å². The smallest absolute Gasteiger partial charge is 0.204 e. The molecule has 4 nitrogen and oxygen atoms in total. The highest BCUT2D eigenvalue weighted by Gasteiger charge is 2.17. The van der Waals surface area contributed by atoms with E-state index in [1.807, 2.05) is 30.0 Å². The molecule has 0 aliphatic carbocycles. The highest BCUT2D eigenvalue weighted by atomic mass is 32.2. The zero-order chi connectivity index (χ0) is 13.6. The standard InChI is InChI=1S/C15H20N4S/c1-2-6-13(7-3-1)17-15(19-9-4-5-10-19)18-14-12-20-11-8-16-14/h1-3,6-7H,4-5,8-12H2,(H,16,17,18). The van der Waals surface area contributed by atoms with Gasteiger partial charge in [-0.2, -0.15) is 16.8 Å². The molecule has 1 aromatic rings. The Balaban J connectivity index is 1.79. The third-order valence-corrected chi connectivity index (χ3v) is 4.37. The van der Waals surface area contributed by atoms with Crippen molar-refractivity contribution in [3.63, 3.8) is 0 Å². The molecule has 0 aromatic heterocycles. The van der Waals surface area contributed by atoms with Gasteiger partial charge in [0.25, 0.3) is 0 Å². The summed E-state index contributed by atoms with van der Waals surface area (Å²) in [5, 5.41) is 3.45. The van der Waals surface area contributed by atoms with E-state index in [-0.39, 0.29) is 0 Å². The molecule has 1 N–H and O–H groups in total. The molecule has 0 atom stereocenters. The van der Waals surface area contributed by atoms with Gasteiger partial charge in [0.2, 0.25) is 5.96 Å². The summed E-state index contributed by atoms with van der Waals surface area (Å²) in [5.74, 6) is 3.96. The van der Waals surface area contributed by atoms with Crippen LogP contribution in [0.15, 0.2) is 40.3 Å². The lowest BCUT2D eigenvalue weighted by molar-refractivity contribution is 0.518. The SMILES string of the molecule is c1ccc(NC(=NC2=NCCSC2)N2CCCC2)cc1. The lowest BCUT2D eigenvalue weighted by Crippen LogP contribution is -2.35. The van der Waals surface area contributed by atoms with E-state index < -0.39 is 0 Å². The summed E-state index contributed by atoms with van der Waals surface area (Å²) < 4.78 is 0. The minimum absolute atomic E-state index is 0.891.